The van der Waals surface area contributed by atoms with Crippen LogP contribution in [0.3, 0.4) is 0 Å². The molecule has 27 heavy (non-hydrogen) atoms. The smallest absolute Gasteiger partial charge is 0.310 e. The second kappa shape index (κ2) is 9.59. The number of amides is 2. The lowest BCUT2D eigenvalue weighted by Gasteiger charge is -2.10. The van der Waals surface area contributed by atoms with E-state index in [1.165, 1.54) is 14.0 Å². The Morgan fingerprint density at radius 3 is 2.22 bits per heavy atom. The first-order valence-electron chi connectivity index (χ1n) is 8.03. The molecule has 2 rings (SSSR count). The van der Waals surface area contributed by atoms with E-state index in [1.54, 1.807) is 42.5 Å². The van der Waals surface area contributed by atoms with E-state index < -0.39 is 18.5 Å². The van der Waals surface area contributed by atoms with Crippen molar-refractivity contribution in [2.45, 2.75) is 13.3 Å². The molecule has 142 valence electrons. The summed E-state index contributed by atoms with van der Waals surface area (Å²) in [6, 6.07) is 11.5. The molecular weight excluding hydrogens is 372 g/mol. The molecule has 2 amide bonds. The Morgan fingerprint density at radius 1 is 1.00 bits per heavy atom. The first-order valence-corrected chi connectivity index (χ1v) is 8.40. The molecule has 0 aliphatic heterocycles. The number of ether oxygens (including phenoxy) is 2. The molecule has 0 saturated carbocycles. The maximum Gasteiger partial charge on any atom is 0.310 e. The average molecular weight is 391 g/mol. The highest BCUT2D eigenvalue weighted by molar-refractivity contribution is 6.30. The maximum atomic E-state index is 12.0. The lowest BCUT2D eigenvalue weighted by molar-refractivity contribution is -0.146. The molecule has 8 heteroatoms. The van der Waals surface area contributed by atoms with E-state index in [4.69, 9.17) is 21.1 Å². The van der Waals surface area contributed by atoms with Gasteiger partial charge >= 0.3 is 5.97 Å². The molecule has 0 unspecified atom stereocenters. The number of halogens is 1. The molecule has 0 atom stereocenters. The van der Waals surface area contributed by atoms with Crippen LogP contribution in [0.1, 0.15) is 12.5 Å². The Morgan fingerprint density at radius 2 is 1.63 bits per heavy atom. The predicted molar refractivity (Wildman–Crippen MR) is 102 cm³/mol. The van der Waals surface area contributed by atoms with Gasteiger partial charge in [-0.05, 0) is 42.5 Å². The monoisotopic (exact) mass is 390 g/mol. The van der Waals surface area contributed by atoms with E-state index in [2.05, 4.69) is 10.6 Å². The second-order valence-electron chi connectivity index (χ2n) is 5.60. The van der Waals surface area contributed by atoms with E-state index in [-0.39, 0.29) is 12.3 Å². The van der Waals surface area contributed by atoms with E-state index in [9.17, 15) is 14.4 Å². The summed E-state index contributed by atoms with van der Waals surface area (Å²) in [5.74, 6) is -0.726. The molecule has 2 N–H and O–H groups in total. The van der Waals surface area contributed by atoms with Crippen LogP contribution in [0.15, 0.2) is 42.5 Å². The normalized spacial score (nSPS) is 10.0. The highest BCUT2D eigenvalue weighted by Crippen LogP contribution is 2.23. The molecule has 2 aromatic carbocycles. The largest absolute Gasteiger partial charge is 0.496 e. The van der Waals surface area contributed by atoms with Crippen LogP contribution in [0, 0.1) is 0 Å². The third kappa shape index (κ3) is 6.63. The topological polar surface area (TPSA) is 93.7 Å². The molecule has 7 nitrogen and oxygen atoms in total. The van der Waals surface area contributed by atoms with Gasteiger partial charge in [0.15, 0.2) is 6.61 Å². The number of carbonyl (C=O) groups is 3. The van der Waals surface area contributed by atoms with Gasteiger partial charge in [0.25, 0.3) is 5.91 Å². The van der Waals surface area contributed by atoms with Crippen molar-refractivity contribution in [3.63, 3.8) is 0 Å². The average Bonchev–Trinajstić information content (AvgIpc) is 2.61. The Bertz CT molecular complexity index is 836. The van der Waals surface area contributed by atoms with Gasteiger partial charge in [-0.3, -0.25) is 14.4 Å². The van der Waals surface area contributed by atoms with Crippen LogP contribution in [0.5, 0.6) is 5.75 Å². The lowest BCUT2D eigenvalue weighted by atomic mass is 10.1. The zero-order chi connectivity index (χ0) is 19.8. The van der Waals surface area contributed by atoms with Gasteiger partial charge in [-0.2, -0.15) is 0 Å². The van der Waals surface area contributed by atoms with Gasteiger partial charge in [0.2, 0.25) is 5.91 Å². The van der Waals surface area contributed by atoms with Crippen LogP contribution in [0.4, 0.5) is 11.4 Å². The molecule has 0 spiro atoms. The van der Waals surface area contributed by atoms with Crippen molar-refractivity contribution in [1.82, 2.24) is 0 Å². The Labute approximate surface area is 161 Å². The first-order chi connectivity index (χ1) is 12.9. The number of hydrogen-bond acceptors (Lipinski definition) is 5. The maximum absolute atomic E-state index is 12.0. The van der Waals surface area contributed by atoms with Gasteiger partial charge in [0, 0.05) is 28.9 Å². The van der Waals surface area contributed by atoms with Crippen LogP contribution in [0.25, 0.3) is 0 Å². The van der Waals surface area contributed by atoms with E-state index in [1.807, 2.05) is 0 Å². The van der Waals surface area contributed by atoms with Crippen LogP contribution in [-0.4, -0.2) is 31.5 Å². The molecule has 0 saturated heterocycles. The van der Waals surface area contributed by atoms with Gasteiger partial charge in [0.05, 0.1) is 13.5 Å². The summed E-state index contributed by atoms with van der Waals surface area (Å²) >= 11 is 5.92. The van der Waals surface area contributed by atoms with Crippen molar-refractivity contribution in [3.05, 3.63) is 53.1 Å². The van der Waals surface area contributed by atoms with Crippen molar-refractivity contribution in [3.8, 4) is 5.75 Å². The quantitative estimate of drug-likeness (QED) is 0.709. The zero-order valence-corrected chi connectivity index (χ0v) is 15.6. The van der Waals surface area contributed by atoms with Crippen LogP contribution >= 0.6 is 11.6 Å². The third-order valence-electron chi connectivity index (χ3n) is 3.43. The van der Waals surface area contributed by atoms with Gasteiger partial charge < -0.3 is 20.1 Å². The zero-order valence-electron chi connectivity index (χ0n) is 14.9. The first kappa shape index (κ1) is 20.3. The fourth-order valence-electron chi connectivity index (χ4n) is 2.28. The standard InChI is InChI=1S/C19H19ClN2O5/c1-12(23)21-15-4-6-16(7-5-15)22-18(24)11-27-19(25)10-13-9-14(20)3-8-17(13)26-2/h3-9H,10-11H2,1-2H3,(H,21,23)(H,22,24). The molecule has 0 aliphatic carbocycles. The van der Waals surface area contributed by atoms with Crippen molar-refractivity contribution in [2.75, 3.05) is 24.4 Å². The molecule has 2 aromatic rings. The summed E-state index contributed by atoms with van der Waals surface area (Å²) in [5, 5.41) is 5.69. The summed E-state index contributed by atoms with van der Waals surface area (Å²) in [7, 11) is 1.49. The molecule has 0 radical (unpaired) electrons. The fraction of sp³-hybridized carbons (Fsp3) is 0.211. The predicted octanol–water partition coefficient (Wildman–Crippen LogP) is 3.03. The molecule has 0 aromatic heterocycles. The van der Waals surface area contributed by atoms with Crippen molar-refractivity contribution < 1.29 is 23.9 Å². The minimum atomic E-state index is -0.577. The summed E-state index contributed by atoms with van der Waals surface area (Å²) < 4.78 is 10.2. The van der Waals surface area contributed by atoms with Crippen LogP contribution in [-0.2, 0) is 25.5 Å². The van der Waals surface area contributed by atoms with Crippen LogP contribution < -0.4 is 15.4 Å². The summed E-state index contributed by atoms with van der Waals surface area (Å²) in [6.45, 7) is 0.984. The number of nitrogens with one attached hydrogen (secondary N) is 2. The van der Waals surface area contributed by atoms with Crippen LogP contribution in [0.2, 0.25) is 5.02 Å². The van der Waals surface area contributed by atoms with Gasteiger partial charge in [-0.15, -0.1) is 0 Å². The molecule has 0 aliphatic rings. The minimum Gasteiger partial charge on any atom is -0.496 e. The Balaban J connectivity index is 1.84. The van der Waals surface area contributed by atoms with E-state index in [0.717, 1.165) is 0 Å². The number of benzene rings is 2. The number of carbonyl (C=O) groups excluding carboxylic acids is 3. The Kier molecular flexibility index (Phi) is 7.19. The number of methoxy groups -OCH3 is 1. The van der Waals surface area contributed by atoms with Crippen molar-refractivity contribution in [1.29, 1.82) is 0 Å². The summed E-state index contributed by atoms with van der Waals surface area (Å²) in [6.07, 6.45) is -0.0670. The highest BCUT2D eigenvalue weighted by atomic mass is 35.5. The Hall–Kier alpha value is -3.06. The van der Waals surface area contributed by atoms with Crippen molar-refractivity contribution in [2.24, 2.45) is 0 Å². The van der Waals surface area contributed by atoms with E-state index >= 15 is 0 Å². The number of hydrogen-bond donors (Lipinski definition) is 2. The second-order valence-corrected chi connectivity index (χ2v) is 6.04. The van der Waals surface area contributed by atoms with Crippen molar-refractivity contribution >= 4 is 40.8 Å². The molecule has 0 bridgehead atoms. The summed E-state index contributed by atoms with van der Waals surface area (Å²) in [5.41, 5.74) is 1.70. The highest BCUT2D eigenvalue weighted by Gasteiger charge is 2.13. The number of esters is 1. The van der Waals surface area contributed by atoms with Gasteiger partial charge in [-0.1, -0.05) is 11.6 Å². The van der Waals surface area contributed by atoms with Gasteiger partial charge in [0.1, 0.15) is 5.75 Å². The van der Waals surface area contributed by atoms with Gasteiger partial charge in [-0.25, -0.2) is 0 Å². The lowest BCUT2D eigenvalue weighted by Crippen LogP contribution is -2.21. The molecule has 0 heterocycles. The SMILES string of the molecule is COc1ccc(Cl)cc1CC(=O)OCC(=O)Nc1ccc(NC(C)=O)cc1. The molecule has 0 fully saturated rings. The minimum absolute atomic E-state index is 0.0670. The number of rotatable bonds is 7. The van der Waals surface area contributed by atoms with E-state index in [0.29, 0.717) is 27.7 Å². The molecular formula is C19H19ClN2O5. The summed E-state index contributed by atoms with van der Waals surface area (Å²) in [4.78, 5) is 34.8. The third-order valence-corrected chi connectivity index (χ3v) is 3.67. The fourth-order valence-corrected chi connectivity index (χ4v) is 2.47. The number of anilines is 2.